The number of piperidine rings is 1. The van der Waals surface area contributed by atoms with Crippen molar-refractivity contribution < 1.29 is 4.74 Å². The van der Waals surface area contributed by atoms with E-state index in [4.69, 9.17) is 4.74 Å². The normalized spacial score (nSPS) is 18.0. The second-order valence-corrected chi connectivity index (χ2v) is 6.83. The van der Waals surface area contributed by atoms with Crippen molar-refractivity contribution >= 4 is 5.96 Å². The van der Waals surface area contributed by atoms with Crippen LogP contribution in [-0.2, 0) is 4.74 Å². The van der Waals surface area contributed by atoms with Crippen LogP contribution in [0.25, 0.3) is 0 Å². The average molecular weight is 332 g/mol. The highest BCUT2D eigenvalue weighted by atomic mass is 16.5. The Kier molecular flexibility index (Phi) is 7.57. The molecule has 0 spiro atoms. The number of rotatable bonds is 6. The molecule has 134 valence electrons. The molecule has 1 N–H and O–H groups in total. The third kappa shape index (κ3) is 5.23. The number of guanidine groups is 1. The van der Waals surface area contributed by atoms with Crippen molar-refractivity contribution in [2.75, 3.05) is 33.3 Å². The minimum Gasteiger partial charge on any atom is -0.378 e. The zero-order valence-corrected chi connectivity index (χ0v) is 15.7. The molecule has 4 heteroatoms. The molecule has 0 radical (unpaired) electrons. The molecule has 4 nitrogen and oxygen atoms in total. The fraction of sp³-hybridized carbons (Fsp3) is 0.650. The Labute approximate surface area is 147 Å². The molecule has 1 aliphatic heterocycles. The number of nitrogens with zero attached hydrogens (tertiary/aromatic N) is 2. The van der Waals surface area contributed by atoms with E-state index >= 15 is 0 Å². The van der Waals surface area contributed by atoms with Crippen LogP contribution in [0.2, 0.25) is 0 Å². The van der Waals surface area contributed by atoms with Gasteiger partial charge in [-0.2, -0.15) is 0 Å². The summed E-state index contributed by atoms with van der Waals surface area (Å²) in [5.74, 6) is 2.09. The van der Waals surface area contributed by atoms with E-state index in [0.717, 1.165) is 45.0 Å². The summed E-state index contributed by atoms with van der Waals surface area (Å²) in [6.45, 7) is 10.4. The summed E-state index contributed by atoms with van der Waals surface area (Å²) in [5, 5.41) is 3.60. The van der Waals surface area contributed by atoms with Gasteiger partial charge in [0, 0.05) is 39.2 Å². The van der Waals surface area contributed by atoms with Gasteiger partial charge in [0.05, 0.1) is 6.10 Å². The number of likely N-dealkylation sites (tertiary alicyclic amines) is 1. The van der Waals surface area contributed by atoms with Crippen LogP contribution in [0.5, 0.6) is 0 Å². The van der Waals surface area contributed by atoms with Crippen LogP contribution >= 0.6 is 0 Å². The number of hydrogen-bond acceptors (Lipinski definition) is 2. The second kappa shape index (κ2) is 9.67. The first kappa shape index (κ1) is 18.8. The molecule has 2 rings (SSSR count). The lowest BCUT2D eigenvalue weighted by atomic mass is 9.88. The monoisotopic (exact) mass is 331 g/mol. The quantitative estimate of drug-likeness (QED) is 0.640. The van der Waals surface area contributed by atoms with Crippen molar-refractivity contribution in [1.29, 1.82) is 0 Å². The molecule has 1 fully saturated rings. The molecule has 0 bridgehead atoms. The Hall–Kier alpha value is -1.55. The number of nitrogens with one attached hydrogen (secondary N) is 1. The molecule has 1 aromatic rings. The summed E-state index contributed by atoms with van der Waals surface area (Å²) < 4.78 is 5.75. The van der Waals surface area contributed by atoms with E-state index in [0.29, 0.717) is 17.9 Å². The molecule has 0 aromatic heterocycles. The van der Waals surface area contributed by atoms with E-state index in [1.165, 1.54) is 5.56 Å². The van der Waals surface area contributed by atoms with Gasteiger partial charge in [-0.1, -0.05) is 44.2 Å². The van der Waals surface area contributed by atoms with E-state index in [2.05, 4.69) is 66.3 Å². The Balaban J connectivity index is 1.91. The van der Waals surface area contributed by atoms with Crippen molar-refractivity contribution in [3.8, 4) is 0 Å². The van der Waals surface area contributed by atoms with Crippen molar-refractivity contribution in [3.05, 3.63) is 35.9 Å². The van der Waals surface area contributed by atoms with Crippen LogP contribution in [0.15, 0.2) is 35.3 Å². The molecule has 1 heterocycles. The number of ether oxygens (including phenoxy) is 1. The topological polar surface area (TPSA) is 36.9 Å². The summed E-state index contributed by atoms with van der Waals surface area (Å²) in [6, 6.07) is 10.8. The van der Waals surface area contributed by atoms with Gasteiger partial charge in [-0.15, -0.1) is 0 Å². The van der Waals surface area contributed by atoms with E-state index in [9.17, 15) is 0 Å². The SMILES string of the molecule is CCOC1CCN(C(=NC)NCC(c2ccccc2)C(C)C)CC1. The zero-order valence-electron chi connectivity index (χ0n) is 15.7. The first-order valence-corrected chi connectivity index (χ1v) is 9.27. The molecule has 0 amide bonds. The van der Waals surface area contributed by atoms with E-state index in [1.807, 2.05) is 7.05 Å². The standard InChI is InChI=1S/C20H33N3O/c1-5-24-18-11-13-23(14-12-18)20(21-4)22-15-19(16(2)3)17-9-7-6-8-10-17/h6-10,16,18-19H,5,11-15H2,1-4H3,(H,21,22). The highest BCUT2D eigenvalue weighted by Gasteiger charge is 2.23. The van der Waals surface area contributed by atoms with Crippen molar-refractivity contribution in [2.45, 2.75) is 45.6 Å². The molecule has 1 atom stereocenters. The van der Waals surface area contributed by atoms with E-state index in [1.54, 1.807) is 0 Å². The third-order valence-electron chi connectivity index (χ3n) is 4.87. The van der Waals surface area contributed by atoms with Gasteiger partial charge < -0.3 is 15.0 Å². The second-order valence-electron chi connectivity index (χ2n) is 6.83. The third-order valence-corrected chi connectivity index (χ3v) is 4.87. The molecule has 1 unspecified atom stereocenters. The van der Waals surface area contributed by atoms with E-state index in [-0.39, 0.29) is 0 Å². The summed E-state index contributed by atoms with van der Waals surface area (Å²) in [7, 11) is 1.88. The maximum atomic E-state index is 5.75. The molecule has 1 saturated heterocycles. The van der Waals surface area contributed by atoms with Gasteiger partial charge in [-0.3, -0.25) is 4.99 Å². The molecule has 0 saturated carbocycles. The minimum atomic E-state index is 0.414. The predicted molar refractivity (Wildman–Crippen MR) is 102 cm³/mol. The van der Waals surface area contributed by atoms with Gasteiger partial charge in [0.1, 0.15) is 0 Å². The van der Waals surface area contributed by atoms with Crippen molar-refractivity contribution in [1.82, 2.24) is 10.2 Å². The first-order chi connectivity index (χ1) is 11.7. The summed E-state index contributed by atoms with van der Waals surface area (Å²) >= 11 is 0. The Bertz CT molecular complexity index is 493. The number of benzene rings is 1. The lowest BCUT2D eigenvalue weighted by Gasteiger charge is -2.35. The number of hydrogen-bond donors (Lipinski definition) is 1. The largest absolute Gasteiger partial charge is 0.378 e. The van der Waals surface area contributed by atoms with Crippen LogP contribution in [0.3, 0.4) is 0 Å². The fourth-order valence-corrected chi connectivity index (χ4v) is 3.44. The molecular weight excluding hydrogens is 298 g/mol. The van der Waals surface area contributed by atoms with Gasteiger partial charge in [0.2, 0.25) is 0 Å². The highest BCUT2D eigenvalue weighted by Crippen LogP contribution is 2.23. The van der Waals surface area contributed by atoms with Crippen LogP contribution in [0, 0.1) is 5.92 Å². The maximum Gasteiger partial charge on any atom is 0.193 e. The van der Waals surface area contributed by atoms with Crippen LogP contribution in [-0.4, -0.2) is 50.3 Å². The van der Waals surface area contributed by atoms with Crippen molar-refractivity contribution in [3.63, 3.8) is 0 Å². The molecule has 0 aliphatic carbocycles. The average Bonchev–Trinajstić information content (AvgIpc) is 2.60. The number of aliphatic imine (C=N–C) groups is 1. The minimum absolute atomic E-state index is 0.414. The fourth-order valence-electron chi connectivity index (χ4n) is 3.44. The predicted octanol–water partition coefficient (Wildman–Crippen LogP) is 3.50. The summed E-state index contributed by atoms with van der Waals surface area (Å²) in [6.07, 6.45) is 2.58. The van der Waals surface area contributed by atoms with Gasteiger partial charge in [0.25, 0.3) is 0 Å². The maximum absolute atomic E-state index is 5.75. The van der Waals surface area contributed by atoms with Crippen LogP contribution in [0.1, 0.15) is 45.1 Å². The Morgan fingerprint density at radius 1 is 1.25 bits per heavy atom. The highest BCUT2D eigenvalue weighted by molar-refractivity contribution is 5.80. The Morgan fingerprint density at radius 2 is 1.92 bits per heavy atom. The lowest BCUT2D eigenvalue weighted by molar-refractivity contribution is 0.0263. The van der Waals surface area contributed by atoms with Gasteiger partial charge in [0.15, 0.2) is 5.96 Å². The van der Waals surface area contributed by atoms with Crippen LogP contribution in [0.4, 0.5) is 0 Å². The molecular formula is C20H33N3O. The van der Waals surface area contributed by atoms with Gasteiger partial charge >= 0.3 is 0 Å². The van der Waals surface area contributed by atoms with E-state index < -0.39 is 0 Å². The molecule has 1 aliphatic rings. The van der Waals surface area contributed by atoms with Gasteiger partial charge in [-0.25, -0.2) is 0 Å². The first-order valence-electron chi connectivity index (χ1n) is 9.27. The van der Waals surface area contributed by atoms with Crippen LogP contribution < -0.4 is 5.32 Å². The lowest BCUT2D eigenvalue weighted by Crippen LogP contribution is -2.48. The zero-order chi connectivity index (χ0) is 17.4. The molecule has 1 aromatic carbocycles. The summed E-state index contributed by atoms with van der Waals surface area (Å²) in [4.78, 5) is 6.86. The van der Waals surface area contributed by atoms with Crippen molar-refractivity contribution in [2.24, 2.45) is 10.9 Å². The Morgan fingerprint density at radius 3 is 2.46 bits per heavy atom. The molecule has 24 heavy (non-hydrogen) atoms. The van der Waals surface area contributed by atoms with Gasteiger partial charge in [-0.05, 0) is 31.2 Å². The smallest absolute Gasteiger partial charge is 0.193 e. The summed E-state index contributed by atoms with van der Waals surface area (Å²) in [5.41, 5.74) is 1.39.